The molecule has 1 aliphatic heterocycles. The van der Waals surface area contributed by atoms with Crippen LogP contribution in [0.5, 0.6) is 0 Å². The second-order valence-electron chi connectivity index (χ2n) is 8.18. The van der Waals surface area contributed by atoms with Gasteiger partial charge in [0.2, 0.25) is 17.7 Å². The SMILES string of the molecule is CNC(C)C(=O)N[C@@H]1C(=O)N(CC(=O)Nc2c(F)cccc2F)c2ccccc2N(C(C)=O)[C@H]1C.Cl. The number of carbonyl (C=O) groups excluding carboxylic acids is 4. The van der Waals surface area contributed by atoms with Crippen molar-refractivity contribution in [3.8, 4) is 0 Å². The lowest BCUT2D eigenvalue weighted by Gasteiger charge is -2.32. The van der Waals surface area contributed by atoms with Crippen LogP contribution in [-0.4, -0.2) is 55.3 Å². The number of hydrogen-bond acceptors (Lipinski definition) is 5. The summed E-state index contributed by atoms with van der Waals surface area (Å²) < 4.78 is 28.1. The largest absolute Gasteiger partial charge is 0.341 e. The fraction of sp³-hybridized carbons (Fsp3) is 0.333. The highest BCUT2D eigenvalue weighted by Crippen LogP contribution is 2.35. The van der Waals surface area contributed by atoms with Gasteiger partial charge in [0, 0.05) is 6.92 Å². The number of amides is 4. The lowest BCUT2D eigenvalue weighted by molar-refractivity contribution is -0.129. The first-order valence-electron chi connectivity index (χ1n) is 11.0. The first-order valence-corrected chi connectivity index (χ1v) is 11.0. The van der Waals surface area contributed by atoms with Crippen molar-refractivity contribution in [2.24, 2.45) is 0 Å². The Kier molecular flexibility index (Phi) is 9.48. The first kappa shape index (κ1) is 28.7. The minimum Gasteiger partial charge on any atom is -0.341 e. The number of fused-ring (bicyclic) bond motifs is 1. The van der Waals surface area contributed by atoms with Crippen LogP contribution in [0.15, 0.2) is 42.5 Å². The smallest absolute Gasteiger partial charge is 0.252 e. The predicted octanol–water partition coefficient (Wildman–Crippen LogP) is 2.21. The van der Waals surface area contributed by atoms with Gasteiger partial charge in [-0.1, -0.05) is 18.2 Å². The number of nitrogens with zero attached hydrogens (tertiary/aromatic N) is 2. The molecule has 0 fully saturated rings. The summed E-state index contributed by atoms with van der Waals surface area (Å²) in [6, 6.07) is 6.96. The highest BCUT2D eigenvalue weighted by molar-refractivity contribution is 6.11. The fourth-order valence-electron chi connectivity index (χ4n) is 3.91. The number of carbonyl (C=O) groups is 4. The van der Waals surface area contributed by atoms with Crippen molar-refractivity contribution in [3.05, 3.63) is 54.1 Å². The van der Waals surface area contributed by atoms with E-state index in [1.807, 2.05) is 0 Å². The molecule has 4 amide bonds. The van der Waals surface area contributed by atoms with Crippen LogP contribution in [0.1, 0.15) is 20.8 Å². The maximum Gasteiger partial charge on any atom is 0.252 e. The molecular weight excluding hydrogens is 496 g/mol. The van der Waals surface area contributed by atoms with E-state index in [1.54, 1.807) is 45.2 Å². The standard InChI is InChI=1S/C24H27F2N5O4.ClH/c1-13(27-4)23(34)29-21-14(2)31(15(3)32)19-11-6-5-10-18(19)30(24(21)35)12-20(33)28-22-16(25)8-7-9-17(22)26;/h5-11,13-14,21,27H,12H2,1-4H3,(H,28,33)(H,29,34);1H/t13?,14-,21-;/m0./s1. The molecule has 0 saturated heterocycles. The van der Waals surface area contributed by atoms with Gasteiger partial charge in [-0.25, -0.2) is 8.78 Å². The van der Waals surface area contributed by atoms with Crippen LogP contribution in [0, 0.1) is 11.6 Å². The van der Waals surface area contributed by atoms with E-state index in [0.29, 0.717) is 5.69 Å². The van der Waals surface area contributed by atoms with Gasteiger partial charge >= 0.3 is 0 Å². The zero-order valence-electron chi connectivity index (χ0n) is 20.2. The van der Waals surface area contributed by atoms with E-state index in [9.17, 15) is 28.0 Å². The zero-order valence-corrected chi connectivity index (χ0v) is 21.0. The molecule has 0 saturated carbocycles. The minimum absolute atomic E-state index is 0. The van der Waals surface area contributed by atoms with Gasteiger partial charge in [0.05, 0.1) is 23.5 Å². The number of rotatable bonds is 6. The van der Waals surface area contributed by atoms with Gasteiger partial charge in [0.1, 0.15) is 29.9 Å². The topological polar surface area (TPSA) is 111 Å². The Labute approximate surface area is 213 Å². The number of benzene rings is 2. The van der Waals surface area contributed by atoms with Gasteiger partial charge in [-0.05, 0) is 45.2 Å². The van der Waals surface area contributed by atoms with Gasteiger partial charge < -0.3 is 20.9 Å². The highest BCUT2D eigenvalue weighted by atomic mass is 35.5. The summed E-state index contributed by atoms with van der Waals surface area (Å²) in [5.41, 5.74) is -0.0502. The van der Waals surface area contributed by atoms with Crippen molar-refractivity contribution >= 4 is 53.1 Å². The second kappa shape index (κ2) is 11.9. The van der Waals surface area contributed by atoms with E-state index in [0.717, 1.165) is 23.1 Å². The molecule has 9 nitrogen and oxygen atoms in total. The molecule has 36 heavy (non-hydrogen) atoms. The quantitative estimate of drug-likeness (QED) is 0.537. The van der Waals surface area contributed by atoms with E-state index in [1.165, 1.54) is 11.8 Å². The Morgan fingerprint density at radius 2 is 1.61 bits per heavy atom. The molecule has 3 atom stereocenters. The molecule has 1 heterocycles. The van der Waals surface area contributed by atoms with Gasteiger partial charge in [-0.3, -0.25) is 24.1 Å². The van der Waals surface area contributed by atoms with Gasteiger partial charge in [-0.15, -0.1) is 12.4 Å². The van der Waals surface area contributed by atoms with Crippen molar-refractivity contribution in [1.82, 2.24) is 10.6 Å². The Bertz CT molecular complexity index is 1140. The summed E-state index contributed by atoms with van der Waals surface area (Å²) in [7, 11) is 1.58. The third-order valence-corrected chi connectivity index (χ3v) is 5.85. The summed E-state index contributed by atoms with van der Waals surface area (Å²) in [6.45, 7) is 3.93. The molecule has 12 heteroatoms. The van der Waals surface area contributed by atoms with Gasteiger partial charge in [-0.2, -0.15) is 0 Å². The third-order valence-electron chi connectivity index (χ3n) is 5.85. The monoisotopic (exact) mass is 523 g/mol. The van der Waals surface area contributed by atoms with Crippen molar-refractivity contribution in [2.75, 3.05) is 28.7 Å². The van der Waals surface area contributed by atoms with Crippen LogP contribution in [-0.2, 0) is 19.2 Å². The van der Waals surface area contributed by atoms with Crippen LogP contribution >= 0.6 is 12.4 Å². The molecule has 194 valence electrons. The average Bonchev–Trinajstić information content (AvgIpc) is 2.90. The maximum absolute atomic E-state index is 14.0. The first-order chi connectivity index (χ1) is 16.6. The second-order valence-corrected chi connectivity index (χ2v) is 8.18. The Balaban J connectivity index is 0.00000456. The number of para-hydroxylation sites is 3. The summed E-state index contributed by atoms with van der Waals surface area (Å²) in [5.74, 6) is -4.32. The summed E-state index contributed by atoms with van der Waals surface area (Å²) >= 11 is 0. The van der Waals surface area contributed by atoms with Gasteiger partial charge in [0.25, 0.3) is 5.91 Å². The molecular formula is C24H28ClF2N5O4. The number of halogens is 3. The van der Waals surface area contributed by atoms with Crippen LogP contribution in [0.25, 0.3) is 0 Å². The number of anilines is 3. The van der Waals surface area contributed by atoms with E-state index in [4.69, 9.17) is 0 Å². The molecule has 3 rings (SSSR count). The van der Waals surface area contributed by atoms with Crippen molar-refractivity contribution < 1.29 is 28.0 Å². The van der Waals surface area contributed by atoms with E-state index in [-0.39, 0.29) is 24.0 Å². The third kappa shape index (κ3) is 5.80. The molecule has 2 aromatic rings. The minimum atomic E-state index is -1.20. The molecule has 1 unspecified atom stereocenters. The molecule has 0 bridgehead atoms. The Morgan fingerprint density at radius 3 is 2.17 bits per heavy atom. The van der Waals surface area contributed by atoms with Crippen molar-refractivity contribution in [1.29, 1.82) is 0 Å². The van der Waals surface area contributed by atoms with Crippen LogP contribution < -0.4 is 25.8 Å². The summed E-state index contributed by atoms with van der Waals surface area (Å²) in [6.07, 6.45) is 0. The number of nitrogens with one attached hydrogen (secondary N) is 3. The molecule has 0 aliphatic carbocycles. The Hall–Kier alpha value is -3.57. The van der Waals surface area contributed by atoms with Crippen molar-refractivity contribution in [2.45, 2.75) is 38.9 Å². The Morgan fingerprint density at radius 1 is 1.03 bits per heavy atom. The number of hydrogen-bond donors (Lipinski definition) is 3. The van der Waals surface area contributed by atoms with Crippen LogP contribution in [0.2, 0.25) is 0 Å². The summed E-state index contributed by atoms with van der Waals surface area (Å²) in [4.78, 5) is 54.2. The fourth-order valence-corrected chi connectivity index (χ4v) is 3.91. The number of likely N-dealkylation sites (N-methyl/N-ethyl adjacent to an activating group) is 1. The lowest BCUT2D eigenvalue weighted by Crippen LogP contribution is -2.60. The highest BCUT2D eigenvalue weighted by Gasteiger charge is 2.42. The molecule has 2 aromatic carbocycles. The lowest BCUT2D eigenvalue weighted by atomic mass is 10.1. The normalized spacial score (nSPS) is 17.9. The van der Waals surface area contributed by atoms with E-state index in [2.05, 4.69) is 16.0 Å². The van der Waals surface area contributed by atoms with E-state index < -0.39 is 59.7 Å². The van der Waals surface area contributed by atoms with Gasteiger partial charge in [0.15, 0.2) is 0 Å². The molecule has 3 N–H and O–H groups in total. The van der Waals surface area contributed by atoms with Crippen molar-refractivity contribution in [3.63, 3.8) is 0 Å². The zero-order chi connectivity index (χ0) is 25.9. The predicted molar refractivity (Wildman–Crippen MR) is 134 cm³/mol. The molecule has 0 spiro atoms. The van der Waals surface area contributed by atoms with E-state index >= 15 is 0 Å². The molecule has 1 aliphatic rings. The molecule has 0 aromatic heterocycles. The van der Waals surface area contributed by atoms with Crippen LogP contribution in [0.3, 0.4) is 0 Å². The average molecular weight is 524 g/mol. The van der Waals surface area contributed by atoms with Crippen LogP contribution in [0.4, 0.5) is 25.8 Å². The molecule has 0 radical (unpaired) electrons. The summed E-state index contributed by atoms with van der Waals surface area (Å²) in [5, 5.41) is 7.61. The maximum atomic E-state index is 14.0.